The first kappa shape index (κ1) is 15.2. The van der Waals surface area contributed by atoms with Gasteiger partial charge in [-0.15, -0.1) is 0 Å². The molecule has 1 aromatic carbocycles. The lowest BCUT2D eigenvalue weighted by Crippen LogP contribution is -2.41. The maximum absolute atomic E-state index is 11.8. The summed E-state index contributed by atoms with van der Waals surface area (Å²) in [4.78, 5) is 33.1. The molecule has 104 valence electrons. The summed E-state index contributed by atoms with van der Waals surface area (Å²) >= 11 is 0. The van der Waals surface area contributed by atoms with Crippen molar-refractivity contribution in [3.8, 4) is 6.07 Å². The van der Waals surface area contributed by atoms with E-state index < -0.39 is 23.9 Å². The van der Waals surface area contributed by atoms with E-state index in [0.29, 0.717) is 5.56 Å². The highest BCUT2D eigenvalue weighted by atomic mass is 16.4. The molecule has 0 spiro atoms. The van der Waals surface area contributed by atoms with Gasteiger partial charge < -0.3 is 15.5 Å². The van der Waals surface area contributed by atoms with E-state index in [2.05, 4.69) is 5.32 Å². The van der Waals surface area contributed by atoms with Crippen molar-refractivity contribution in [2.24, 2.45) is 0 Å². The second kappa shape index (κ2) is 6.89. The number of carbonyl (C=O) groups excluding carboxylic acids is 1. The molecule has 1 rings (SSSR count). The minimum Gasteiger partial charge on any atom is -0.481 e. The van der Waals surface area contributed by atoms with Crippen molar-refractivity contribution in [3.05, 3.63) is 35.4 Å². The Morgan fingerprint density at radius 1 is 1.20 bits per heavy atom. The number of nitriles is 1. The third-order valence-electron chi connectivity index (χ3n) is 2.53. The molecule has 0 bridgehead atoms. The molecule has 1 atom stereocenters. The first-order valence-corrected chi connectivity index (χ1v) is 5.69. The molecule has 0 fully saturated rings. The summed E-state index contributed by atoms with van der Waals surface area (Å²) < 4.78 is 0. The van der Waals surface area contributed by atoms with Gasteiger partial charge in [0.2, 0.25) is 0 Å². The number of hydrogen-bond acceptors (Lipinski definition) is 4. The van der Waals surface area contributed by atoms with Gasteiger partial charge in [-0.2, -0.15) is 5.26 Å². The summed E-state index contributed by atoms with van der Waals surface area (Å²) in [5.74, 6) is -3.07. The number of aliphatic carboxylic acids is 2. The summed E-state index contributed by atoms with van der Waals surface area (Å²) in [6, 6.07) is 6.28. The molecule has 1 amide bonds. The van der Waals surface area contributed by atoms with E-state index in [0.717, 1.165) is 0 Å². The fourth-order valence-electron chi connectivity index (χ4n) is 1.46. The Morgan fingerprint density at radius 3 is 2.25 bits per heavy atom. The summed E-state index contributed by atoms with van der Waals surface area (Å²) in [6.45, 7) is 0. The van der Waals surface area contributed by atoms with Gasteiger partial charge in [0.05, 0.1) is 11.6 Å². The minimum atomic E-state index is -1.30. The predicted octanol–water partition coefficient (Wildman–Crippen LogP) is 0.606. The molecule has 7 nitrogen and oxygen atoms in total. The average Bonchev–Trinajstić information content (AvgIpc) is 2.42. The molecule has 7 heteroatoms. The van der Waals surface area contributed by atoms with E-state index in [4.69, 9.17) is 15.5 Å². The van der Waals surface area contributed by atoms with Crippen LogP contribution < -0.4 is 5.32 Å². The smallest absolute Gasteiger partial charge is 0.326 e. The maximum Gasteiger partial charge on any atom is 0.326 e. The van der Waals surface area contributed by atoms with Crippen molar-refractivity contribution in [2.75, 3.05) is 0 Å². The number of nitrogens with one attached hydrogen (secondary N) is 1. The van der Waals surface area contributed by atoms with E-state index in [1.807, 2.05) is 6.07 Å². The lowest BCUT2D eigenvalue weighted by Gasteiger charge is -2.13. The van der Waals surface area contributed by atoms with Gasteiger partial charge >= 0.3 is 11.9 Å². The molecule has 0 heterocycles. The first-order chi connectivity index (χ1) is 9.43. The highest BCUT2D eigenvalue weighted by Crippen LogP contribution is 2.05. The van der Waals surface area contributed by atoms with E-state index in [-0.39, 0.29) is 18.4 Å². The highest BCUT2D eigenvalue weighted by Gasteiger charge is 2.21. The Hall–Kier alpha value is -2.88. The van der Waals surface area contributed by atoms with Gasteiger partial charge in [-0.1, -0.05) is 0 Å². The molecule has 1 aromatic rings. The summed E-state index contributed by atoms with van der Waals surface area (Å²) in [7, 11) is 0. The van der Waals surface area contributed by atoms with Crippen molar-refractivity contribution in [2.45, 2.75) is 18.9 Å². The zero-order valence-electron chi connectivity index (χ0n) is 10.4. The number of nitrogens with zero attached hydrogens (tertiary/aromatic N) is 1. The first-order valence-electron chi connectivity index (χ1n) is 5.69. The number of carboxylic acids is 2. The number of benzene rings is 1. The van der Waals surface area contributed by atoms with Gasteiger partial charge in [-0.25, -0.2) is 4.79 Å². The van der Waals surface area contributed by atoms with Crippen molar-refractivity contribution in [1.29, 1.82) is 5.26 Å². The molecule has 0 saturated heterocycles. The molecule has 0 aromatic heterocycles. The van der Waals surface area contributed by atoms with Crippen LogP contribution in [0.2, 0.25) is 0 Å². The van der Waals surface area contributed by atoms with Gasteiger partial charge in [0, 0.05) is 12.0 Å². The van der Waals surface area contributed by atoms with Crippen molar-refractivity contribution in [1.82, 2.24) is 5.32 Å². The third-order valence-corrected chi connectivity index (χ3v) is 2.53. The summed E-state index contributed by atoms with van der Waals surface area (Å²) in [5.41, 5.74) is 0.577. The molecule has 3 N–H and O–H groups in total. The Morgan fingerprint density at radius 2 is 1.80 bits per heavy atom. The van der Waals surface area contributed by atoms with Crippen molar-refractivity contribution in [3.63, 3.8) is 0 Å². The Kier molecular flexibility index (Phi) is 5.23. The van der Waals surface area contributed by atoms with E-state index in [9.17, 15) is 14.4 Å². The standard InChI is InChI=1S/C13H12N2O5/c14-7-8-1-3-9(4-2-8)12(18)15-10(13(19)20)5-6-11(16)17/h1-4,10H,5-6H2,(H,15,18)(H,16,17)(H,19,20)/t10-/m1/s1. The van der Waals surface area contributed by atoms with Crippen LogP contribution in [0.25, 0.3) is 0 Å². The number of rotatable bonds is 6. The monoisotopic (exact) mass is 276 g/mol. The van der Waals surface area contributed by atoms with Crippen molar-refractivity contribution < 1.29 is 24.6 Å². The summed E-state index contributed by atoms with van der Waals surface area (Å²) in [6.07, 6.45) is -0.558. The average molecular weight is 276 g/mol. The quantitative estimate of drug-likeness (QED) is 0.698. The van der Waals surface area contributed by atoms with E-state index >= 15 is 0 Å². The normalized spacial score (nSPS) is 11.2. The van der Waals surface area contributed by atoms with E-state index in [1.165, 1.54) is 24.3 Å². The zero-order chi connectivity index (χ0) is 15.1. The van der Waals surface area contributed by atoms with Crippen molar-refractivity contribution >= 4 is 17.8 Å². The van der Waals surface area contributed by atoms with Crippen LogP contribution in [0.1, 0.15) is 28.8 Å². The van der Waals surface area contributed by atoms with Crippen LogP contribution in [0.5, 0.6) is 0 Å². The van der Waals surface area contributed by atoms with Crippen LogP contribution in [-0.4, -0.2) is 34.1 Å². The Balaban J connectivity index is 2.72. The second-order valence-corrected chi connectivity index (χ2v) is 3.99. The number of carbonyl (C=O) groups is 3. The fraction of sp³-hybridized carbons (Fsp3) is 0.231. The lowest BCUT2D eigenvalue weighted by molar-refractivity contribution is -0.140. The SMILES string of the molecule is N#Cc1ccc(C(=O)N[C@H](CCC(=O)O)C(=O)O)cc1. The number of carboxylic acid groups (broad SMARTS) is 2. The highest BCUT2D eigenvalue weighted by molar-refractivity contribution is 5.96. The van der Waals surface area contributed by atoms with Gasteiger partial charge in [0.25, 0.3) is 5.91 Å². The fourth-order valence-corrected chi connectivity index (χ4v) is 1.46. The molecule has 0 aliphatic rings. The Bertz CT molecular complexity index is 559. The van der Waals surface area contributed by atoms with Gasteiger partial charge in [-0.3, -0.25) is 9.59 Å². The lowest BCUT2D eigenvalue weighted by atomic mass is 10.1. The number of amides is 1. The predicted molar refractivity (Wildman–Crippen MR) is 66.9 cm³/mol. The number of hydrogen-bond donors (Lipinski definition) is 3. The molecular formula is C13H12N2O5. The molecule has 0 aliphatic carbocycles. The van der Waals surface area contributed by atoms with Crippen LogP contribution in [0, 0.1) is 11.3 Å². The molecule has 0 radical (unpaired) electrons. The largest absolute Gasteiger partial charge is 0.481 e. The van der Waals surface area contributed by atoms with Crippen LogP contribution >= 0.6 is 0 Å². The van der Waals surface area contributed by atoms with Gasteiger partial charge in [0.1, 0.15) is 6.04 Å². The minimum absolute atomic E-state index is 0.200. The molecule has 0 saturated carbocycles. The zero-order valence-corrected chi connectivity index (χ0v) is 10.4. The van der Waals surface area contributed by atoms with Crippen LogP contribution in [-0.2, 0) is 9.59 Å². The molecule has 20 heavy (non-hydrogen) atoms. The third kappa shape index (κ3) is 4.42. The maximum atomic E-state index is 11.8. The van der Waals surface area contributed by atoms with E-state index in [1.54, 1.807) is 0 Å². The summed E-state index contributed by atoms with van der Waals surface area (Å²) in [5, 5.41) is 28.3. The van der Waals surface area contributed by atoms with Gasteiger partial charge in [0.15, 0.2) is 0 Å². The molecule has 0 aliphatic heterocycles. The Labute approximate surface area is 114 Å². The van der Waals surface area contributed by atoms with Crippen LogP contribution in [0.15, 0.2) is 24.3 Å². The van der Waals surface area contributed by atoms with Gasteiger partial charge in [-0.05, 0) is 30.7 Å². The molecule has 0 unspecified atom stereocenters. The second-order valence-electron chi connectivity index (χ2n) is 3.99. The van der Waals surface area contributed by atoms with Crippen LogP contribution in [0.3, 0.4) is 0 Å². The molecular weight excluding hydrogens is 264 g/mol. The topological polar surface area (TPSA) is 127 Å². The van der Waals surface area contributed by atoms with Crippen LogP contribution in [0.4, 0.5) is 0 Å².